The quantitative estimate of drug-likeness (QED) is 0.165. The normalized spacial score (nSPS) is 13.9. The highest BCUT2D eigenvalue weighted by atomic mass is 16.3. The maximum atomic E-state index is 8.17. The fourth-order valence-corrected chi connectivity index (χ4v) is 16.0. The molecule has 12 aromatic carbocycles. The van der Waals surface area contributed by atoms with Crippen molar-refractivity contribution in [2.75, 3.05) is 0 Å². The zero-order valence-corrected chi connectivity index (χ0v) is 63.2. The van der Waals surface area contributed by atoms with Gasteiger partial charge in [-0.05, 0) is 216 Å². The number of pyridine rings is 4. The molecule has 0 atom stereocenters. The van der Waals surface area contributed by atoms with Gasteiger partial charge in [0.1, 0.15) is 72.9 Å². The third kappa shape index (κ3) is 12.3. The zero-order valence-electron chi connectivity index (χ0n) is 75.2. The maximum absolute atomic E-state index is 8.17. The lowest BCUT2D eigenvalue weighted by molar-refractivity contribution is -0.661. The first-order chi connectivity index (χ1) is 57.4. The summed E-state index contributed by atoms with van der Waals surface area (Å²) >= 11 is 0. The Hall–Kier alpha value is -12.5. The van der Waals surface area contributed by atoms with Crippen LogP contribution in [0, 0.1) is 62.0 Å². The van der Waals surface area contributed by atoms with Crippen molar-refractivity contribution < 1.29 is 52.4 Å². The molecule has 8 heterocycles. The van der Waals surface area contributed by atoms with Crippen LogP contribution in [-0.4, -0.2) is 0 Å². The number of nitrogens with zero attached hydrogens (tertiary/aromatic N) is 4. The van der Waals surface area contributed by atoms with Gasteiger partial charge in [0, 0.05) is 107 Å². The van der Waals surface area contributed by atoms with E-state index in [0.29, 0.717) is 44.2 Å². The summed E-state index contributed by atoms with van der Waals surface area (Å²) in [5.74, 6) is 0. The van der Waals surface area contributed by atoms with Crippen LogP contribution >= 0.6 is 0 Å². The summed E-state index contributed by atoms with van der Waals surface area (Å²) in [5, 5.41) is 16.2. The fourth-order valence-electron chi connectivity index (χ4n) is 16.0. The minimum absolute atomic E-state index is 0.122. The molecule has 0 unspecified atom stereocenters. The third-order valence-corrected chi connectivity index (χ3v) is 21.7. The predicted octanol–water partition coefficient (Wildman–Crippen LogP) is 25.0. The van der Waals surface area contributed by atoms with Gasteiger partial charge in [-0.25, -0.2) is 18.3 Å². The van der Waals surface area contributed by atoms with E-state index >= 15 is 0 Å². The van der Waals surface area contributed by atoms with Gasteiger partial charge in [-0.3, -0.25) is 0 Å². The highest BCUT2D eigenvalue weighted by Gasteiger charge is 2.28. The Morgan fingerprint density at radius 3 is 1.07 bits per heavy atom. The van der Waals surface area contributed by atoms with Crippen molar-refractivity contribution in [1.82, 2.24) is 0 Å². The van der Waals surface area contributed by atoms with E-state index in [2.05, 4.69) is 149 Å². The second kappa shape index (κ2) is 27.1. The van der Waals surface area contributed by atoms with Gasteiger partial charge in [-0.15, -0.1) is 0 Å². The second-order valence-electron chi connectivity index (χ2n) is 30.2. The van der Waals surface area contributed by atoms with Crippen molar-refractivity contribution in [1.29, 1.82) is 0 Å². The Balaban J connectivity index is 0.000000115. The summed E-state index contributed by atoms with van der Waals surface area (Å²) in [6.45, 7) is 7.71. The molecule has 0 fully saturated rings. The molecule has 0 aliphatic heterocycles. The number of fused-ring (bicyclic) bond motifs is 16. The van der Waals surface area contributed by atoms with Crippen molar-refractivity contribution in [3.05, 3.63) is 311 Å². The zero-order chi connectivity index (χ0) is 85.6. The first-order valence-electron chi connectivity index (χ1n) is 42.8. The standard InChI is InChI=1S/C27H26NO.2C25H22NO.C24H20NO/c1-17-10-12-21-22-14-18-8-6-7-9-19(18)15-24(22)29-26(21)25(17)23-13-11-20(16-28(23)5)27(2,3)4;1-15-9-10-20-21-12-18-7-5-6-8-19(18)13-23(21)27-25(20)24(15)22-11-16(2)17(3)14-26(22)4;1-15-9-10-21(26(4)14-15)24-17(3)11-16(2)23-20-12-18-7-5-6-8-19(18)13-22(20)27-25(23)24;1-15-12-16(2)23(20-10-6-7-11-25(20)3)24-22(15)19-13-17-8-4-5-9-18(17)14-21(19)26-24/h6-16H,1-5H3;2*5-14H,1-4H3;4-14H,1-3H3/q4*+1/i;3D3;1D3,2D3;1D3. The summed E-state index contributed by atoms with van der Waals surface area (Å²) in [5.41, 5.74) is 21.0. The van der Waals surface area contributed by atoms with Crippen LogP contribution in [0.25, 0.3) is 176 Å². The summed E-state index contributed by atoms with van der Waals surface area (Å²) in [7, 11) is 7.78. The van der Waals surface area contributed by atoms with E-state index < -0.39 is 27.4 Å². The highest BCUT2D eigenvalue weighted by Crippen LogP contribution is 2.45. The Morgan fingerprint density at radius 2 is 0.651 bits per heavy atom. The van der Waals surface area contributed by atoms with Gasteiger partial charge in [-0.2, -0.15) is 0 Å². The first kappa shape index (κ1) is 56.8. The van der Waals surface area contributed by atoms with Crippen LogP contribution in [0.5, 0.6) is 0 Å². The average Bonchev–Trinajstić information content (AvgIpc) is 1.60. The van der Waals surface area contributed by atoms with Crippen molar-refractivity contribution >= 4 is 131 Å². The largest absolute Gasteiger partial charge is 0.455 e. The molecule has 109 heavy (non-hydrogen) atoms. The number of furan rings is 4. The van der Waals surface area contributed by atoms with Gasteiger partial charge >= 0.3 is 0 Å². The van der Waals surface area contributed by atoms with Crippen molar-refractivity contribution in [2.24, 2.45) is 28.2 Å². The summed E-state index contributed by atoms with van der Waals surface area (Å²) in [6, 6.07) is 77.1. The van der Waals surface area contributed by atoms with Gasteiger partial charge < -0.3 is 17.7 Å². The molecule has 0 saturated carbocycles. The van der Waals surface area contributed by atoms with Gasteiger partial charge in [0.15, 0.2) is 24.8 Å². The van der Waals surface area contributed by atoms with Gasteiger partial charge in [0.25, 0.3) is 0 Å². The molecule has 8 nitrogen and oxygen atoms in total. The molecule has 534 valence electrons. The Kier molecular flexibility index (Phi) is 14.1. The van der Waals surface area contributed by atoms with Crippen LogP contribution in [0.4, 0.5) is 0 Å². The molecule has 0 spiro atoms. The van der Waals surface area contributed by atoms with E-state index in [0.717, 1.165) is 127 Å². The molecule has 0 amide bonds. The number of benzene rings is 12. The maximum Gasteiger partial charge on any atom is 0.216 e. The lowest BCUT2D eigenvalue weighted by Crippen LogP contribution is -2.33. The van der Waals surface area contributed by atoms with Crippen LogP contribution in [0.3, 0.4) is 0 Å². The van der Waals surface area contributed by atoms with Crippen molar-refractivity contribution in [3.8, 4) is 45.0 Å². The molecule has 0 aliphatic carbocycles. The SMILES string of the molecule is Cc1ccc2c(oc3cc4ccccc4cc32)c1-c1ccc(C(C)(C)C)c[n+]1C.[2H]C([2H])([2H])c1c[n+](C)c(-c2c(C)ccc3c2oc2cc4ccccc4cc23)cc1C.[2H]C([2H])([2H])c1cc(C)c(-c2cccc[n+]2C)c2oc3cc4ccccc4cc3c12.[2H]C([2H])([2H])c1ccc(-c2c(C)cc(C([2H])([2H])[2H])c3c2oc2cc4ccccc4cc23)[n+](C)c1. The fraction of sp³-hybridized carbons (Fsp3) is 0.168. The van der Waals surface area contributed by atoms with Crippen LogP contribution in [0.15, 0.2) is 273 Å². The molecular formula is C101H90N4O4+4. The minimum atomic E-state index is -2.32. The van der Waals surface area contributed by atoms with Crippen LogP contribution < -0.4 is 18.3 Å². The van der Waals surface area contributed by atoms with E-state index in [1.54, 1.807) is 48.3 Å². The second-order valence-corrected chi connectivity index (χ2v) is 30.2. The highest BCUT2D eigenvalue weighted by molar-refractivity contribution is 6.18. The molecule has 8 aromatic heterocycles. The van der Waals surface area contributed by atoms with Crippen LogP contribution in [0.2, 0.25) is 0 Å². The molecule has 0 aliphatic rings. The first-order valence-corrected chi connectivity index (χ1v) is 36.8. The summed E-state index contributed by atoms with van der Waals surface area (Å²) in [6.07, 6.45) is 7.52. The molecule has 8 heteroatoms. The monoisotopic (exact) mass is 1430 g/mol. The number of hydrogen-bond acceptors (Lipinski definition) is 4. The van der Waals surface area contributed by atoms with Crippen molar-refractivity contribution in [2.45, 2.75) is 88.2 Å². The van der Waals surface area contributed by atoms with Crippen LogP contribution in [0.1, 0.15) is 92.9 Å². The van der Waals surface area contributed by atoms with E-state index in [4.69, 9.17) is 34.1 Å². The van der Waals surface area contributed by atoms with E-state index in [1.807, 2.05) is 159 Å². The molecule has 0 bridgehead atoms. The molecular weight excluding hydrogens is 1330 g/mol. The molecule has 20 rings (SSSR count). The average molecular weight is 1440 g/mol. The Labute approximate surface area is 652 Å². The lowest BCUT2D eigenvalue weighted by Gasteiger charge is -2.17. The van der Waals surface area contributed by atoms with Gasteiger partial charge in [0.05, 0.1) is 22.3 Å². The van der Waals surface area contributed by atoms with Gasteiger partial charge in [0.2, 0.25) is 22.8 Å². The number of hydrogen-bond donors (Lipinski definition) is 0. The molecule has 0 N–H and O–H groups in total. The number of aryl methyl sites for hydroxylation is 13. The number of aromatic nitrogens is 4. The van der Waals surface area contributed by atoms with Gasteiger partial charge in [-0.1, -0.05) is 154 Å². The summed E-state index contributed by atoms with van der Waals surface area (Å²) < 4.78 is 129. The summed E-state index contributed by atoms with van der Waals surface area (Å²) in [4.78, 5) is 0. The Morgan fingerprint density at radius 1 is 0.275 bits per heavy atom. The van der Waals surface area contributed by atoms with Crippen molar-refractivity contribution in [3.63, 3.8) is 0 Å². The van der Waals surface area contributed by atoms with E-state index in [1.165, 1.54) is 49.3 Å². The van der Waals surface area contributed by atoms with Crippen LogP contribution in [-0.2, 0) is 33.6 Å². The third-order valence-electron chi connectivity index (χ3n) is 21.7. The molecule has 0 radical (unpaired) electrons. The lowest BCUT2D eigenvalue weighted by atomic mass is 9.88. The minimum Gasteiger partial charge on any atom is -0.455 e. The smallest absolute Gasteiger partial charge is 0.216 e. The van der Waals surface area contributed by atoms with E-state index in [-0.39, 0.29) is 16.5 Å². The number of rotatable bonds is 4. The predicted molar refractivity (Wildman–Crippen MR) is 453 cm³/mol. The Bertz CT molecular complexity index is 7640. The van der Waals surface area contributed by atoms with E-state index in [9.17, 15) is 0 Å². The topological polar surface area (TPSA) is 68.1 Å². The molecule has 20 aromatic rings. The molecule has 0 saturated heterocycles.